The third kappa shape index (κ3) is 3.88. The van der Waals surface area contributed by atoms with E-state index in [0.717, 1.165) is 13.0 Å². The fourth-order valence-electron chi connectivity index (χ4n) is 0.910. The zero-order valence-corrected chi connectivity index (χ0v) is 8.78. The van der Waals surface area contributed by atoms with Crippen molar-refractivity contribution in [2.24, 2.45) is 0 Å². The lowest BCUT2D eigenvalue weighted by Gasteiger charge is -2.19. The van der Waals surface area contributed by atoms with E-state index in [4.69, 9.17) is 4.74 Å². The van der Waals surface area contributed by atoms with Gasteiger partial charge in [0.25, 0.3) is 0 Å². The lowest BCUT2D eigenvalue weighted by molar-refractivity contribution is -0.000945. The molecule has 12 heavy (non-hydrogen) atoms. The second-order valence-corrected chi connectivity index (χ2v) is 4.62. The van der Waals surface area contributed by atoms with Crippen LogP contribution in [0, 0.1) is 0 Å². The minimum Gasteiger partial charge on any atom is -0.376 e. The molecular formula is C10H16OS. The van der Waals surface area contributed by atoms with Crippen molar-refractivity contribution in [3.63, 3.8) is 0 Å². The molecule has 0 aliphatic carbocycles. The molecule has 0 N–H and O–H groups in total. The quantitative estimate of drug-likeness (QED) is 0.701. The van der Waals surface area contributed by atoms with Gasteiger partial charge in [-0.05, 0) is 49.6 Å². The number of hydrogen-bond acceptors (Lipinski definition) is 2. The van der Waals surface area contributed by atoms with Gasteiger partial charge < -0.3 is 4.74 Å². The molecule has 1 heterocycles. The first kappa shape index (κ1) is 9.75. The van der Waals surface area contributed by atoms with Crippen LogP contribution < -0.4 is 0 Å². The van der Waals surface area contributed by atoms with Gasteiger partial charge in [-0.25, -0.2) is 0 Å². The summed E-state index contributed by atoms with van der Waals surface area (Å²) in [4.78, 5) is 0. The number of thiophene rings is 1. The Balaban J connectivity index is 2.20. The normalized spacial score (nSPS) is 11.9. The predicted molar refractivity (Wildman–Crippen MR) is 53.7 cm³/mol. The fourth-order valence-corrected chi connectivity index (χ4v) is 1.61. The largest absolute Gasteiger partial charge is 0.376 e. The van der Waals surface area contributed by atoms with Crippen molar-refractivity contribution in [1.29, 1.82) is 0 Å². The Labute approximate surface area is 78.4 Å². The first-order valence-corrected chi connectivity index (χ1v) is 5.17. The average Bonchev–Trinajstić information content (AvgIpc) is 2.36. The van der Waals surface area contributed by atoms with Gasteiger partial charge in [0, 0.05) is 0 Å². The Kier molecular flexibility index (Phi) is 3.29. The Morgan fingerprint density at radius 3 is 2.67 bits per heavy atom. The zero-order valence-electron chi connectivity index (χ0n) is 7.96. The van der Waals surface area contributed by atoms with Crippen LogP contribution in [0.2, 0.25) is 0 Å². The van der Waals surface area contributed by atoms with E-state index < -0.39 is 0 Å². The standard InChI is InChI=1S/C10H16OS/c1-10(2,3)11-6-4-9-5-7-12-8-9/h5,7-8H,4,6H2,1-3H3. The molecule has 0 spiro atoms. The highest BCUT2D eigenvalue weighted by molar-refractivity contribution is 7.07. The maximum atomic E-state index is 5.61. The minimum absolute atomic E-state index is 0.00395. The summed E-state index contributed by atoms with van der Waals surface area (Å²) in [6.45, 7) is 7.07. The molecular weight excluding hydrogens is 168 g/mol. The first-order valence-electron chi connectivity index (χ1n) is 4.23. The zero-order chi connectivity index (χ0) is 9.03. The molecule has 0 saturated heterocycles. The Morgan fingerprint density at radius 2 is 2.17 bits per heavy atom. The number of hydrogen-bond donors (Lipinski definition) is 0. The molecule has 0 radical (unpaired) electrons. The van der Waals surface area contributed by atoms with E-state index in [-0.39, 0.29) is 5.60 Å². The van der Waals surface area contributed by atoms with Crippen LogP contribution in [-0.2, 0) is 11.2 Å². The van der Waals surface area contributed by atoms with Gasteiger partial charge in [0.15, 0.2) is 0 Å². The van der Waals surface area contributed by atoms with Crippen LogP contribution in [0.25, 0.3) is 0 Å². The lowest BCUT2D eigenvalue weighted by Crippen LogP contribution is -2.20. The highest BCUT2D eigenvalue weighted by atomic mass is 32.1. The maximum Gasteiger partial charge on any atom is 0.0598 e. The smallest absolute Gasteiger partial charge is 0.0598 e. The van der Waals surface area contributed by atoms with Crippen LogP contribution in [-0.4, -0.2) is 12.2 Å². The molecule has 0 fully saturated rings. The maximum absolute atomic E-state index is 5.61. The van der Waals surface area contributed by atoms with Crippen LogP contribution in [0.4, 0.5) is 0 Å². The molecule has 1 aromatic rings. The molecule has 68 valence electrons. The Morgan fingerprint density at radius 1 is 1.42 bits per heavy atom. The van der Waals surface area contributed by atoms with Gasteiger partial charge in [-0.1, -0.05) is 0 Å². The van der Waals surface area contributed by atoms with Crippen molar-refractivity contribution >= 4 is 11.3 Å². The summed E-state index contributed by atoms with van der Waals surface area (Å²) in [5.41, 5.74) is 1.37. The molecule has 0 aromatic carbocycles. The van der Waals surface area contributed by atoms with Gasteiger partial charge in [0.05, 0.1) is 12.2 Å². The van der Waals surface area contributed by atoms with Crippen LogP contribution in [0.3, 0.4) is 0 Å². The van der Waals surface area contributed by atoms with Crippen molar-refractivity contribution in [3.8, 4) is 0 Å². The summed E-state index contributed by atoms with van der Waals surface area (Å²) >= 11 is 1.74. The van der Waals surface area contributed by atoms with E-state index in [2.05, 4.69) is 37.6 Å². The van der Waals surface area contributed by atoms with Crippen molar-refractivity contribution in [2.45, 2.75) is 32.8 Å². The lowest BCUT2D eigenvalue weighted by atomic mass is 10.2. The second-order valence-electron chi connectivity index (χ2n) is 3.84. The Bertz CT molecular complexity index is 208. The molecule has 0 aliphatic heterocycles. The van der Waals surface area contributed by atoms with E-state index in [1.165, 1.54) is 5.56 Å². The second kappa shape index (κ2) is 4.06. The van der Waals surface area contributed by atoms with Crippen LogP contribution in [0.15, 0.2) is 16.8 Å². The van der Waals surface area contributed by atoms with Crippen LogP contribution >= 0.6 is 11.3 Å². The molecule has 0 amide bonds. The molecule has 0 unspecified atom stereocenters. The van der Waals surface area contributed by atoms with E-state index in [1.54, 1.807) is 11.3 Å². The van der Waals surface area contributed by atoms with Gasteiger partial charge in [-0.2, -0.15) is 11.3 Å². The van der Waals surface area contributed by atoms with Gasteiger partial charge in [0.2, 0.25) is 0 Å². The van der Waals surface area contributed by atoms with Crippen molar-refractivity contribution in [3.05, 3.63) is 22.4 Å². The summed E-state index contributed by atoms with van der Waals surface area (Å²) in [6, 6.07) is 2.15. The summed E-state index contributed by atoms with van der Waals surface area (Å²) in [7, 11) is 0. The molecule has 1 nitrogen and oxygen atoms in total. The summed E-state index contributed by atoms with van der Waals surface area (Å²) in [6.07, 6.45) is 1.03. The van der Waals surface area contributed by atoms with Crippen molar-refractivity contribution in [2.75, 3.05) is 6.61 Å². The summed E-state index contributed by atoms with van der Waals surface area (Å²) in [5.74, 6) is 0. The molecule has 0 bridgehead atoms. The van der Waals surface area contributed by atoms with E-state index in [1.807, 2.05) is 0 Å². The average molecular weight is 184 g/mol. The molecule has 1 rings (SSSR count). The van der Waals surface area contributed by atoms with Gasteiger partial charge >= 0.3 is 0 Å². The van der Waals surface area contributed by atoms with E-state index in [0.29, 0.717) is 0 Å². The predicted octanol–water partition coefficient (Wildman–Crippen LogP) is 3.11. The number of rotatable bonds is 3. The third-order valence-electron chi connectivity index (χ3n) is 1.51. The topological polar surface area (TPSA) is 9.23 Å². The van der Waals surface area contributed by atoms with Gasteiger partial charge in [-0.3, -0.25) is 0 Å². The Hall–Kier alpha value is -0.340. The highest BCUT2D eigenvalue weighted by Crippen LogP contribution is 2.10. The SMILES string of the molecule is CC(C)(C)OCCc1ccsc1. The fraction of sp³-hybridized carbons (Fsp3) is 0.600. The summed E-state index contributed by atoms with van der Waals surface area (Å²) in [5, 5.41) is 4.28. The van der Waals surface area contributed by atoms with E-state index in [9.17, 15) is 0 Å². The summed E-state index contributed by atoms with van der Waals surface area (Å²) < 4.78 is 5.61. The van der Waals surface area contributed by atoms with Gasteiger partial charge in [0.1, 0.15) is 0 Å². The van der Waals surface area contributed by atoms with Crippen LogP contribution in [0.5, 0.6) is 0 Å². The molecule has 2 heteroatoms. The monoisotopic (exact) mass is 184 g/mol. The molecule has 0 aliphatic rings. The molecule has 0 atom stereocenters. The molecule has 1 aromatic heterocycles. The van der Waals surface area contributed by atoms with Gasteiger partial charge in [-0.15, -0.1) is 0 Å². The van der Waals surface area contributed by atoms with E-state index >= 15 is 0 Å². The van der Waals surface area contributed by atoms with Crippen molar-refractivity contribution in [1.82, 2.24) is 0 Å². The number of ether oxygens (including phenoxy) is 1. The highest BCUT2D eigenvalue weighted by Gasteiger charge is 2.08. The third-order valence-corrected chi connectivity index (χ3v) is 2.24. The molecule has 0 saturated carbocycles. The minimum atomic E-state index is -0.00395. The first-order chi connectivity index (χ1) is 5.58. The van der Waals surface area contributed by atoms with Crippen LogP contribution in [0.1, 0.15) is 26.3 Å². The van der Waals surface area contributed by atoms with Crippen molar-refractivity contribution < 1.29 is 4.74 Å².